The van der Waals surface area contributed by atoms with E-state index in [0.29, 0.717) is 25.9 Å². The van der Waals surface area contributed by atoms with Crippen molar-refractivity contribution in [3.8, 4) is 0 Å². The van der Waals surface area contributed by atoms with Crippen LogP contribution in [0.15, 0.2) is 30.3 Å². The Morgan fingerprint density at radius 3 is 2.28 bits per heavy atom. The minimum atomic E-state index is -1.02. The van der Waals surface area contributed by atoms with E-state index in [4.69, 9.17) is 5.11 Å². The van der Waals surface area contributed by atoms with Gasteiger partial charge < -0.3 is 14.9 Å². The maximum absolute atomic E-state index is 12.8. The first-order chi connectivity index (χ1) is 11.9. The van der Waals surface area contributed by atoms with E-state index in [1.165, 1.54) is 4.90 Å². The SMILES string of the molecule is CC(C)C(=O)N1CCC(C(=O)N(CC(=O)O)Cc2ccccc2)CC1. The predicted octanol–water partition coefficient (Wildman–Crippen LogP) is 1.99. The van der Waals surface area contributed by atoms with Crippen molar-refractivity contribution in [1.29, 1.82) is 0 Å². The fraction of sp³-hybridized carbons (Fsp3) is 0.526. The minimum absolute atomic E-state index is 0.0474. The normalized spacial score (nSPS) is 15.2. The molecule has 6 nitrogen and oxygen atoms in total. The minimum Gasteiger partial charge on any atom is -0.480 e. The molecule has 2 rings (SSSR count). The van der Waals surface area contributed by atoms with E-state index in [0.717, 1.165) is 5.56 Å². The Hall–Kier alpha value is -2.37. The number of amides is 2. The second kappa shape index (κ2) is 8.65. The van der Waals surface area contributed by atoms with E-state index in [-0.39, 0.29) is 36.7 Å². The van der Waals surface area contributed by atoms with Crippen molar-refractivity contribution in [2.24, 2.45) is 11.8 Å². The molecule has 0 aliphatic carbocycles. The van der Waals surface area contributed by atoms with Crippen LogP contribution in [0.5, 0.6) is 0 Å². The maximum Gasteiger partial charge on any atom is 0.323 e. The maximum atomic E-state index is 12.8. The Balaban J connectivity index is 2.00. The van der Waals surface area contributed by atoms with Gasteiger partial charge in [-0.05, 0) is 18.4 Å². The van der Waals surface area contributed by atoms with Gasteiger partial charge in [-0.3, -0.25) is 14.4 Å². The summed E-state index contributed by atoms with van der Waals surface area (Å²) in [5.74, 6) is -1.31. The highest BCUT2D eigenvalue weighted by Crippen LogP contribution is 2.22. The van der Waals surface area contributed by atoms with Gasteiger partial charge in [0.2, 0.25) is 11.8 Å². The third-order valence-corrected chi connectivity index (χ3v) is 4.50. The highest BCUT2D eigenvalue weighted by Gasteiger charge is 2.31. The molecule has 1 aliphatic rings. The van der Waals surface area contributed by atoms with Gasteiger partial charge in [-0.15, -0.1) is 0 Å². The molecule has 25 heavy (non-hydrogen) atoms. The van der Waals surface area contributed by atoms with Gasteiger partial charge in [0.25, 0.3) is 0 Å². The molecule has 1 fully saturated rings. The molecule has 1 aliphatic heterocycles. The van der Waals surface area contributed by atoms with Crippen molar-refractivity contribution in [3.05, 3.63) is 35.9 Å². The first kappa shape index (κ1) is 19.0. The molecular weight excluding hydrogens is 320 g/mol. The summed E-state index contributed by atoms with van der Waals surface area (Å²) in [7, 11) is 0. The highest BCUT2D eigenvalue weighted by molar-refractivity contribution is 5.84. The van der Waals surface area contributed by atoms with Crippen LogP contribution in [0.2, 0.25) is 0 Å². The van der Waals surface area contributed by atoms with Gasteiger partial charge in [0.15, 0.2) is 0 Å². The molecule has 0 atom stereocenters. The molecule has 1 saturated heterocycles. The monoisotopic (exact) mass is 346 g/mol. The number of nitrogens with zero attached hydrogens (tertiary/aromatic N) is 2. The fourth-order valence-electron chi connectivity index (χ4n) is 3.15. The molecule has 1 aromatic carbocycles. The molecule has 0 bridgehead atoms. The quantitative estimate of drug-likeness (QED) is 0.854. The van der Waals surface area contributed by atoms with Gasteiger partial charge in [-0.2, -0.15) is 0 Å². The number of likely N-dealkylation sites (tertiary alicyclic amines) is 1. The Bertz CT molecular complexity index is 607. The molecular formula is C19H26N2O4. The number of hydrogen-bond acceptors (Lipinski definition) is 3. The highest BCUT2D eigenvalue weighted by atomic mass is 16.4. The van der Waals surface area contributed by atoms with E-state index in [1.54, 1.807) is 4.90 Å². The first-order valence-corrected chi connectivity index (χ1v) is 8.71. The zero-order chi connectivity index (χ0) is 18.4. The van der Waals surface area contributed by atoms with Gasteiger partial charge in [-0.25, -0.2) is 0 Å². The Morgan fingerprint density at radius 2 is 1.76 bits per heavy atom. The van der Waals surface area contributed by atoms with Gasteiger partial charge in [0.05, 0.1) is 0 Å². The number of piperidine rings is 1. The smallest absolute Gasteiger partial charge is 0.323 e. The summed E-state index contributed by atoms with van der Waals surface area (Å²) in [4.78, 5) is 39.2. The van der Waals surface area contributed by atoms with Crippen LogP contribution in [0.3, 0.4) is 0 Å². The number of carbonyl (C=O) groups is 3. The van der Waals surface area contributed by atoms with Crippen LogP contribution in [0, 0.1) is 11.8 Å². The number of carboxylic acids is 1. The van der Waals surface area contributed by atoms with Crippen LogP contribution in [-0.4, -0.2) is 52.3 Å². The molecule has 6 heteroatoms. The van der Waals surface area contributed by atoms with Crippen LogP contribution in [0.1, 0.15) is 32.3 Å². The third-order valence-electron chi connectivity index (χ3n) is 4.50. The van der Waals surface area contributed by atoms with E-state index in [1.807, 2.05) is 44.2 Å². The molecule has 2 amide bonds. The van der Waals surface area contributed by atoms with Crippen LogP contribution < -0.4 is 0 Å². The van der Waals surface area contributed by atoms with E-state index < -0.39 is 5.97 Å². The van der Waals surface area contributed by atoms with Crippen molar-refractivity contribution in [1.82, 2.24) is 9.80 Å². The molecule has 0 spiro atoms. The molecule has 1 aromatic rings. The average molecular weight is 346 g/mol. The van der Waals surface area contributed by atoms with Crippen molar-refractivity contribution >= 4 is 17.8 Å². The lowest BCUT2D eigenvalue weighted by Crippen LogP contribution is -2.46. The summed E-state index contributed by atoms with van der Waals surface area (Å²) in [5, 5.41) is 9.14. The Labute approximate surface area is 148 Å². The van der Waals surface area contributed by atoms with Gasteiger partial charge >= 0.3 is 5.97 Å². The molecule has 1 heterocycles. The lowest BCUT2D eigenvalue weighted by Gasteiger charge is -2.34. The third kappa shape index (κ3) is 5.31. The summed E-state index contributed by atoms with van der Waals surface area (Å²) in [6.07, 6.45) is 1.17. The Morgan fingerprint density at radius 1 is 1.16 bits per heavy atom. The van der Waals surface area contributed by atoms with Crippen LogP contribution in [-0.2, 0) is 20.9 Å². The summed E-state index contributed by atoms with van der Waals surface area (Å²) < 4.78 is 0. The second-order valence-corrected chi connectivity index (χ2v) is 6.83. The van der Waals surface area contributed by atoms with Gasteiger partial charge in [0.1, 0.15) is 6.54 Å². The Kier molecular flexibility index (Phi) is 6.56. The molecule has 136 valence electrons. The van der Waals surface area contributed by atoms with Gasteiger partial charge in [-0.1, -0.05) is 44.2 Å². The zero-order valence-corrected chi connectivity index (χ0v) is 14.9. The fourth-order valence-corrected chi connectivity index (χ4v) is 3.15. The second-order valence-electron chi connectivity index (χ2n) is 6.83. The van der Waals surface area contributed by atoms with E-state index >= 15 is 0 Å². The number of carboxylic acid groups (broad SMARTS) is 1. The van der Waals surface area contributed by atoms with E-state index in [2.05, 4.69) is 0 Å². The summed E-state index contributed by atoms with van der Waals surface area (Å²) in [6, 6.07) is 9.38. The predicted molar refractivity (Wildman–Crippen MR) is 93.6 cm³/mol. The average Bonchev–Trinajstić information content (AvgIpc) is 2.60. The first-order valence-electron chi connectivity index (χ1n) is 8.71. The standard InChI is InChI=1S/C19H26N2O4/c1-14(2)18(24)20-10-8-16(9-11-20)19(25)21(13-17(22)23)12-15-6-4-3-5-7-15/h3-7,14,16H,8-13H2,1-2H3,(H,22,23). The summed E-state index contributed by atoms with van der Waals surface area (Å²) in [5.41, 5.74) is 0.907. The molecule has 0 saturated carbocycles. The zero-order valence-electron chi connectivity index (χ0n) is 14.9. The van der Waals surface area contributed by atoms with Crippen LogP contribution in [0.25, 0.3) is 0 Å². The summed E-state index contributed by atoms with van der Waals surface area (Å²) in [6.45, 7) is 4.83. The lowest BCUT2D eigenvalue weighted by atomic mass is 9.94. The van der Waals surface area contributed by atoms with Crippen molar-refractivity contribution in [2.75, 3.05) is 19.6 Å². The molecule has 0 aromatic heterocycles. The number of hydrogen-bond donors (Lipinski definition) is 1. The molecule has 1 N–H and O–H groups in total. The van der Waals surface area contributed by atoms with Crippen LogP contribution in [0.4, 0.5) is 0 Å². The number of aliphatic carboxylic acids is 1. The number of carbonyl (C=O) groups excluding carboxylic acids is 2. The van der Waals surface area contributed by atoms with Crippen LogP contribution >= 0.6 is 0 Å². The number of rotatable bonds is 6. The van der Waals surface area contributed by atoms with Crippen molar-refractivity contribution in [2.45, 2.75) is 33.2 Å². The van der Waals surface area contributed by atoms with E-state index in [9.17, 15) is 14.4 Å². The largest absolute Gasteiger partial charge is 0.480 e. The topological polar surface area (TPSA) is 77.9 Å². The van der Waals surface area contributed by atoms with Crippen molar-refractivity contribution < 1.29 is 19.5 Å². The molecule has 0 radical (unpaired) electrons. The lowest BCUT2D eigenvalue weighted by molar-refractivity contribution is -0.148. The molecule has 0 unspecified atom stereocenters. The number of benzene rings is 1. The summed E-state index contributed by atoms with van der Waals surface area (Å²) >= 11 is 0. The van der Waals surface area contributed by atoms with Gasteiger partial charge in [0, 0.05) is 31.5 Å². The van der Waals surface area contributed by atoms with Crippen molar-refractivity contribution in [3.63, 3.8) is 0 Å².